The van der Waals surface area contributed by atoms with E-state index in [4.69, 9.17) is 4.42 Å². The van der Waals surface area contributed by atoms with Crippen LogP contribution < -0.4 is 5.32 Å². The third-order valence-corrected chi connectivity index (χ3v) is 3.77. The Labute approximate surface area is 148 Å². The molecule has 7 nitrogen and oxygen atoms in total. The van der Waals surface area contributed by atoms with Gasteiger partial charge in [0.2, 0.25) is 5.91 Å². The number of H-pyrrole nitrogens is 1. The molecule has 0 aliphatic rings. The zero-order valence-corrected chi connectivity index (χ0v) is 14.0. The van der Waals surface area contributed by atoms with Gasteiger partial charge < -0.3 is 14.6 Å². The molecule has 0 saturated carbocycles. The van der Waals surface area contributed by atoms with Gasteiger partial charge in [-0.1, -0.05) is 0 Å². The lowest BCUT2D eigenvalue weighted by atomic mass is 10.1. The lowest BCUT2D eigenvalue weighted by molar-refractivity contribution is -0.121. The van der Waals surface area contributed by atoms with E-state index in [2.05, 4.69) is 15.5 Å². The first-order valence-electron chi connectivity index (χ1n) is 7.88. The Morgan fingerprint density at radius 1 is 1.27 bits per heavy atom. The second-order valence-corrected chi connectivity index (χ2v) is 5.68. The van der Waals surface area contributed by atoms with Crippen molar-refractivity contribution in [2.75, 3.05) is 13.6 Å². The van der Waals surface area contributed by atoms with E-state index >= 15 is 0 Å². The average Bonchev–Trinajstić information content (AvgIpc) is 3.31. The molecule has 2 amide bonds. The van der Waals surface area contributed by atoms with Crippen molar-refractivity contribution in [1.29, 1.82) is 0 Å². The van der Waals surface area contributed by atoms with Crippen molar-refractivity contribution in [3.8, 4) is 11.3 Å². The van der Waals surface area contributed by atoms with Crippen molar-refractivity contribution in [3.63, 3.8) is 0 Å². The highest BCUT2D eigenvalue weighted by Gasteiger charge is 2.20. The number of aromatic nitrogens is 2. The number of likely N-dealkylation sites (N-methyl/N-ethyl adjacent to an activating group) is 1. The summed E-state index contributed by atoms with van der Waals surface area (Å²) in [6.45, 7) is 0.133. The van der Waals surface area contributed by atoms with Crippen molar-refractivity contribution < 1.29 is 18.4 Å². The Morgan fingerprint density at radius 2 is 2.04 bits per heavy atom. The molecule has 0 fully saturated rings. The van der Waals surface area contributed by atoms with Crippen LogP contribution in [-0.2, 0) is 11.3 Å². The predicted octanol–water partition coefficient (Wildman–Crippen LogP) is 2.20. The minimum Gasteiger partial charge on any atom is -0.467 e. The molecule has 0 unspecified atom stereocenters. The standard InChI is InChI=1S/C18H17FN4O3/c1-23(11-16(24)20-9-14-3-2-8-26-14)18(25)15-10-21-22-17(15)12-4-6-13(19)7-5-12/h2-8,10H,9,11H2,1H3,(H,20,24)(H,21,22). The molecule has 0 bridgehead atoms. The lowest BCUT2D eigenvalue weighted by Gasteiger charge is -2.16. The topological polar surface area (TPSA) is 91.2 Å². The van der Waals surface area contributed by atoms with Crippen LogP contribution in [0.3, 0.4) is 0 Å². The fourth-order valence-electron chi connectivity index (χ4n) is 2.43. The number of hydrogen-bond donors (Lipinski definition) is 2. The van der Waals surface area contributed by atoms with E-state index in [1.54, 1.807) is 24.3 Å². The Hall–Kier alpha value is -3.42. The highest BCUT2D eigenvalue weighted by atomic mass is 19.1. The SMILES string of the molecule is CN(CC(=O)NCc1ccco1)C(=O)c1cn[nH]c1-c1ccc(F)cc1. The maximum atomic E-state index is 13.1. The van der Waals surface area contributed by atoms with Crippen LogP contribution in [0.15, 0.2) is 53.3 Å². The number of carbonyl (C=O) groups is 2. The molecular formula is C18H17FN4O3. The molecule has 134 valence electrons. The average molecular weight is 356 g/mol. The number of hydrogen-bond acceptors (Lipinski definition) is 4. The van der Waals surface area contributed by atoms with Crippen molar-refractivity contribution in [1.82, 2.24) is 20.4 Å². The van der Waals surface area contributed by atoms with E-state index in [0.717, 1.165) is 0 Å². The fourth-order valence-corrected chi connectivity index (χ4v) is 2.43. The lowest BCUT2D eigenvalue weighted by Crippen LogP contribution is -2.38. The van der Waals surface area contributed by atoms with E-state index in [9.17, 15) is 14.0 Å². The molecule has 0 saturated heterocycles. The van der Waals surface area contributed by atoms with Crippen LogP contribution >= 0.6 is 0 Å². The molecule has 3 aromatic rings. The molecule has 2 N–H and O–H groups in total. The smallest absolute Gasteiger partial charge is 0.257 e. The molecule has 0 radical (unpaired) electrons. The molecule has 0 aliphatic carbocycles. The molecule has 2 aromatic heterocycles. The zero-order valence-electron chi connectivity index (χ0n) is 14.0. The Morgan fingerprint density at radius 3 is 2.73 bits per heavy atom. The summed E-state index contributed by atoms with van der Waals surface area (Å²) in [5.41, 5.74) is 1.40. The number of furan rings is 1. The van der Waals surface area contributed by atoms with Crippen molar-refractivity contribution in [2.24, 2.45) is 0 Å². The first kappa shape index (κ1) is 17.4. The molecule has 0 atom stereocenters. The Kier molecular flexibility index (Phi) is 5.12. The Bertz CT molecular complexity index is 888. The number of amides is 2. The third kappa shape index (κ3) is 3.97. The normalized spacial score (nSPS) is 10.5. The maximum Gasteiger partial charge on any atom is 0.257 e. The summed E-state index contributed by atoms with van der Waals surface area (Å²) in [6.07, 6.45) is 2.91. The first-order chi connectivity index (χ1) is 12.5. The van der Waals surface area contributed by atoms with Crippen LogP contribution in [0.2, 0.25) is 0 Å². The second-order valence-electron chi connectivity index (χ2n) is 5.68. The second kappa shape index (κ2) is 7.64. The number of halogens is 1. The van der Waals surface area contributed by atoms with Crippen LogP contribution in [0.1, 0.15) is 16.1 Å². The van der Waals surface area contributed by atoms with Crippen LogP contribution in [-0.4, -0.2) is 40.5 Å². The molecule has 3 rings (SSSR count). The number of nitrogens with zero attached hydrogens (tertiary/aromatic N) is 2. The van der Waals surface area contributed by atoms with Crippen LogP contribution in [0, 0.1) is 5.82 Å². The molecule has 0 aliphatic heterocycles. The summed E-state index contributed by atoms with van der Waals surface area (Å²) in [6, 6.07) is 9.18. The minimum absolute atomic E-state index is 0.117. The number of nitrogens with one attached hydrogen (secondary N) is 2. The summed E-state index contributed by atoms with van der Waals surface area (Å²) >= 11 is 0. The van der Waals surface area contributed by atoms with Crippen LogP contribution in [0.5, 0.6) is 0 Å². The molecule has 2 heterocycles. The minimum atomic E-state index is -0.369. The van der Waals surface area contributed by atoms with Gasteiger partial charge >= 0.3 is 0 Å². The quantitative estimate of drug-likeness (QED) is 0.708. The summed E-state index contributed by atoms with van der Waals surface area (Å²) in [5.74, 6) is -0.428. The van der Waals surface area contributed by atoms with Gasteiger partial charge in [-0.05, 0) is 36.4 Å². The summed E-state index contributed by atoms with van der Waals surface area (Å²) in [5, 5.41) is 9.31. The van der Waals surface area contributed by atoms with Crippen LogP contribution in [0.25, 0.3) is 11.3 Å². The fraction of sp³-hybridized carbons (Fsp3) is 0.167. The van der Waals surface area contributed by atoms with E-state index in [1.807, 2.05) is 0 Å². The van der Waals surface area contributed by atoms with Gasteiger partial charge in [0.25, 0.3) is 5.91 Å². The van der Waals surface area contributed by atoms with Crippen molar-refractivity contribution in [3.05, 3.63) is 66.0 Å². The van der Waals surface area contributed by atoms with E-state index < -0.39 is 0 Å². The Balaban J connectivity index is 1.64. The molecule has 0 spiro atoms. The number of benzene rings is 1. The summed E-state index contributed by atoms with van der Waals surface area (Å²) in [7, 11) is 1.52. The van der Waals surface area contributed by atoms with Gasteiger partial charge in [0.05, 0.1) is 36.8 Å². The van der Waals surface area contributed by atoms with E-state index in [0.29, 0.717) is 22.6 Å². The van der Waals surface area contributed by atoms with Crippen LogP contribution in [0.4, 0.5) is 4.39 Å². The first-order valence-corrected chi connectivity index (χ1v) is 7.88. The monoisotopic (exact) mass is 356 g/mol. The highest BCUT2D eigenvalue weighted by molar-refractivity contribution is 6.01. The highest BCUT2D eigenvalue weighted by Crippen LogP contribution is 2.22. The molecule has 1 aromatic carbocycles. The van der Waals surface area contributed by atoms with E-state index in [-0.39, 0.29) is 30.7 Å². The molecular weight excluding hydrogens is 339 g/mol. The van der Waals surface area contributed by atoms with Gasteiger partial charge in [-0.15, -0.1) is 0 Å². The third-order valence-electron chi connectivity index (χ3n) is 3.77. The van der Waals surface area contributed by atoms with Gasteiger partial charge in [0.15, 0.2) is 0 Å². The number of aromatic amines is 1. The number of rotatable bonds is 6. The van der Waals surface area contributed by atoms with Crippen molar-refractivity contribution in [2.45, 2.75) is 6.54 Å². The van der Waals surface area contributed by atoms with Gasteiger partial charge in [-0.2, -0.15) is 5.10 Å². The largest absolute Gasteiger partial charge is 0.467 e. The predicted molar refractivity (Wildman–Crippen MR) is 91.5 cm³/mol. The van der Waals surface area contributed by atoms with Gasteiger partial charge in [0.1, 0.15) is 11.6 Å². The van der Waals surface area contributed by atoms with Gasteiger partial charge in [0, 0.05) is 12.6 Å². The number of carbonyl (C=O) groups excluding carboxylic acids is 2. The maximum absolute atomic E-state index is 13.1. The van der Waals surface area contributed by atoms with Gasteiger partial charge in [-0.3, -0.25) is 14.7 Å². The zero-order chi connectivity index (χ0) is 18.5. The van der Waals surface area contributed by atoms with E-state index in [1.165, 1.54) is 36.5 Å². The van der Waals surface area contributed by atoms with Gasteiger partial charge in [-0.25, -0.2) is 4.39 Å². The molecule has 8 heteroatoms. The molecule has 26 heavy (non-hydrogen) atoms. The summed E-state index contributed by atoms with van der Waals surface area (Å²) < 4.78 is 18.2. The van der Waals surface area contributed by atoms with Crippen molar-refractivity contribution >= 4 is 11.8 Å². The summed E-state index contributed by atoms with van der Waals surface area (Å²) in [4.78, 5) is 25.9.